The SMILES string of the molecule is C[C@@H](NCCN1CCN(C)CC1)c1ccco1. The minimum absolute atomic E-state index is 0.303. The molecule has 0 saturated carbocycles. The Hall–Kier alpha value is -0.840. The summed E-state index contributed by atoms with van der Waals surface area (Å²) in [6.07, 6.45) is 1.73. The smallest absolute Gasteiger partial charge is 0.120 e. The van der Waals surface area contributed by atoms with Crippen molar-refractivity contribution >= 4 is 0 Å². The molecule has 2 rings (SSSR count). The molecule has 0 bridgehead atoms. The first kappa shape index (κ1) is 12.6. The standard InChI is InChI=1S/C13H23N3O/c1-12(13-4-3-11-17-13)14-5-6-16-9-7-15(2)8-10-16/h3-4,11-12,14H,5-10H2,1-2H3/t12-/m1/s1. The van der Waals surface area contributed by atoms with Gasteiger partial charge < -0.3 is 14.6 Å². The number of hydrogen-bond acceptors (Lipinski definition) is 4. The zero-order valence-corrected chi connectivity index (χ0v) is 10.9. The Bertz CT molecular complexity index is 304. The highest BCUT2D eigenvalue weighted by atomic mass is 16.3. The number of nitrogens with zero attached hydrogens (tertiary/aromatic N) is 2. The third-order valence-corrected chi connectivity index (χ3v) is 3.44. The van der Waals surface area contributed by atoms with E-state index in [4.69, 9.17) is 4.42 Å². The Morgan fingerprint density at radius 2 is 2.12 bits per heavy atom. The highest BCUT2D eigenvalue weighted by molar-refractivity contribution is 5.02. The second-order valence-corrected chi connectivity index (χ2v) is 4.84. The molecule has 1 aromatic rings. The first-order valence-corrected chi connectivity index (χ1v) is 6.43. The van der Waals surface area contributed by atoms with Crippen LogP contribution >= 0.6 is 0 Å². The van der Waals surface area contributed by atoms with Gasteiger partial charge in [0.1, 0.15) is 5.76 Å². The minimum atomic E-state index is 0.303. The van der Waals surface area contributed by atoms with Gasteiger partial charge in [0.15, 0.2) is 0 Å². The number of nitrogens with one attached hydrogen (secondary N) is 1. The van der Waals surface area contributed by atoms with E-state index in [1.54, 1.807) is 6.26 Å². The predicted octanol–water partition coefficient (Wildman–Crippen LogP) is 1.18. The molecule has 1 saturated heterocycles. The van der Waals surface area contributed by atoms with Crippen LogP contribution in [0.1, 0.15) is 18.7 Å². The largest absolute Gasteiger partial charge is 0.468 e. The van der Waals surface area contributed by atoms with Crippen LogP contribution in [-0.4, -0.2) is 56.1 Å². The molecule has 0 aromatic carbocycles. The van der Waals surface area contributed by atoms with Gasteiger partial charge in [-0.25, -0.2) is 0 Å². The third-order valence-electron chi connectivity index (χ3n) is 3.44. The van der Waals surface area contributed by atoms with Gasteiger partial charge in [-0.3, -0.25) is 4.90 Å². The van der Waals surface area contributed by atoms with E-state index in [1.807, 2.05) is 12.1 Å². The van der Waals surface area contributed by atoms with Crippen LogP contribution in [0.3, 0.4) is 0 Å². The zero-order chi connectivity index (χ0) is 12.1. The molecule has 96 valence electrons. The summed E-state index contributed by atoms with van der Waals surface area (Å²) in [5.74, 6) is 1.02. The van der Waals surface area contributed by atoms with Gasteiger partial charge in [-0.1, -0.05) is 0 Å². The van der Waals surface area contributed by atoms with E-state index in [2.05, 4.69) is 29.1 Å². The van der Waals surface area contributed by atoms with Crippen LogP contribution in [0.2, 0.25) is 0 Å². The van der Waals surface area contributed by atoms with Crippen molar-refractivity contribution in [3.63, 3.8) is 0 Å². The van der Waals surface area contributed by atoms with E-state index in [0.717, 1.165) is 18.8 Å². The fraction of sp³-hybridized carbons (Fsp3) is 0.692. The monoisotopic (exact) mass is 237 g/mol. The molecule has 1 atom stereocenters. The summed E-state index contributed by atoms with van der Waals surface area (Å²) in [5.41, 5.74) is 0. The van der Waals surface area contributed by atoms with Crippen LogP contribution in [0, 0.1) is 0 Å². The van der Waals surface area contributed by atoms with Crippen LogP contribution in [0.4, 0.5) is 0 Å². The molecule has 0 spiro atoms. The number of piperazine rings is 1. The van der Waals surface area contributed by atoms with E-state index in [9.17, 15) is 0 Å². The summed E-state index contributed by atoms with van der Waals surface area (Å²) in [4.78, 5) is 4.90. The highest BCUT2D eigenvalue weighted by Gasteiger charge is 2.13. The summed E-state index contributed by atoms with van der Waals surface area (Å²) < 4.78 is 5.37. The summed E-state index contributed by atoms with van der Waals surface area (Å²) in [6.45, 7) is 9.04. The lowest BCUT2D eigenvalue weighted by atomic mass is 10.2. The Morgan fingerprint density at radius 1 is 1.35 bits per heavy atom. The topological polar surface area (TPSA) is 31.6 Å². The van der Waals surface area contributed by atoms with Crippen molar-refractivity contribution in [3.8, 4) is 0 Å². The lowest BCUT2D eigenvalue weighted by molar-refractivity contribution is 0.153. The number of rotatable bonds is 5. The molecule has 0 aliphatic carbocycles. The van der Waals surface area contributed by atoms with Crippen molar-refractivity contribution in [2.45, 2.75) is 13.0 Å². The normalized spacial score (nSPS) is 20.6. The maximum Gasteiger partial charge on any atom is 0.120 e. The summed E-state index contributed by atoms with van der Waals surface area (Å²) in [7, 11) is 2.19. The number of hydrogen-bond donors (Lipinski definition) is 1. The fourth-order valence-corrected chi connectivity index (χ4v) is 2.15. The van der Waals surface area contributed by atoms with Crippen molar-refractivity contribution in [1.82, 2.24) is 15.1 Å². The van der Waals surface area contributed by atoms with Crippen LogP contribution in [0.15, 0.2) is 22.8 Å². The maximum atomic E-state index is 5.37. The first-order chi connectivity index (χ1) is 8.25. The van der Waals surface area contributed by atoms with E-state index >= 15 is 0 Å². The molecule has 1 aliphatic heterocycles. The van der Waals surface area contributed by atoms with Gasteiger partial charge in [-0.15, -0.1) is 0 Å². The first-order valence-electron chi connectivity index (χ1n) is 6.43. The van der Waals surface area contributed by atoms with Gasteiger partial charge in [-0.05, 0) is 26.1 Å². The number of likely N-dealkylation sites (N-methyl/N-ethyl adjacent to an activating group) is 1. The fourth-order valence-electron chi connectivity index (χ4n) is 2.15. The molecule has 1 aliphatic rings. The van der Waals surface area contributed by atoms with E-state index in [1.165, 1.54) is 26.2 Å². The molecule has 4 heteroatoms. The average Bonchev–Trinajstić information content (AvgIpc) is 2.85. The Kier molecular flexibility index (Phi) is 4.59. The van der Waals surface area contributed by atoms with Crippen molar-refractivity contribution < 1.29 is 4.42 Å². The van der Waals surface area contributed by atoms with E-state index in [0.29, 0.717) is 6.04 Å². The molecule has 0 amide bonds. The molecule has 1 N–H and O–H groups in total. The van der Waals surface area contributed by atoms with Gasteiger partial charge in [0, 0.05) is 39.3 Å². The second kappa shape index (κ2) is 6.19. The zero-order valence-electron chi connectivity index (χ0n) is 10.9. The van der Waals surface area contributed by atoms with Crippen molar-refractivity contribution in [2.75, 3.05) is 46.3 Å². The van der Waals surface area contributed by atoms with Crippen LogP contribution in [0.25, 0.3) is 0 Å². The van der Waals surface area contributed by atoms with Crippen LogP contribution in [0.5, 0.6) is 0 Å². The van der Waals surface area contributed by atoms with Gasteiger partial charge in [-0.2, -0.15) is 0 Å². The molecule has 1 aromatic heterocycles. The van der Waals surface area contributed by atoms with E-state index < -0.39 is 0 Å². The van der Waals surface area contributed by atoms with Crippen molar-refractivity contribution in [2.24, 2.45) is 0 Å². The minimum Gasteiger partial charge on any atom is -0.468 e. The van der Waals surface area contributed by atoms with Crippen molar-refractivity contribution in [1.29, 1.82) is 0 Å². The highest BCUT2D eigenvalue weighted by Crippen LogP contribution is 2.11. The molecule has 17 heavy (non-hydrogen) atoms. The maximum absolute atomic E-state index is 5.37. The van der Waals surface area contributed by atoms with Gasteiger partial charge >= 0.3 is 0 Å². The summed E-state index contributed by atoms with van der Waals surface area (Å²) in [6, 6.07) is 4.26. The lowest BCUT2D eigenvalue weighted by Gasteiger charge is -2.32. The van der Waals surface area contributed by atoms with Crippen LogP contribution in [-0.2, 0) is 0 Å². The molecule has 0 unspecified atom stereocenters. The summed E-state index contributed by atoms with van der Waals surface area (Å²) in [5, 5.41) is 3.49. The molecule has 1 fully saturated rings. The van der Waals surface area contributed by atoms with Crippen LogP contribution < -0.4 is 5.32 Å². The van der Waals surface area contributed by atoms with Crippen molar-refractivity contribution in [3.05, 3.63) is 24.2 Å². The molecule has 0 radical (unpaired) electrons. The second-order valence-electron chi connectivity index (χ2n) is 4.84. The Morgan fingerprint density at radius 3 is 2.76 bits per heavy atom. The molecule has 4 nitrogen and oxygen atoms in total. The summed E-state index contributed by atoms with van der Waals surface area (Å²) >= 11 is 0. The molecule has 2 heterocycles. The van der Waals surface area contributed by atoms with Gasteiger partial charge in [0.25, 0.3) is 0 Å². The number of furan rings is 1. The predicted molar refractivity (Wildman–Crippen MR) is 69.1 cm³/mol. The average molecular weight is 237 g/mol. The molecular formula is C13H23N3O. The Balaban J connectivity index is 1.63. The van der Waals surface area contributed by atoms with Gasteiger partial charge in [0.2, 0.25) is 0 Å². The Labute approximate surface area is 104 Å². The quantitative estimate of drug-likeness (QED) is 0.833. The third kappa shape index (κ3) is 3.84. The lowest BCUT2D eigenvalue weighted by Crippen LogP contribution is -2.46. The van der Waals surface area contributed by atoms with E-state index in [-0.39, 0.29) is 0 Å². The molecular weight excluding hydrogens is 214 g/mol. The van der Waals surface area contributed by atoms with Gasteiger partial charge in [0.05, 0.1) is 12.3 Å².